The van der Waals surface area contributed by atoms with Gasteiger partial charge in [-0.3, -0.25) is 0 Å². The Bertz CT molecular complexity index is 1150. The fourth-order valence-corrected chi connectivity index (χ4v) is 4.32. The lowest BCUT2D eigenvalue weighted by molar-refractivity contribution is -0.236. The van der Waals surface area contributed by atoms with E-state index in [0.717, 1.165) is 0 Å². The quantitative estimate of drug-likeness (QED) is 0.177. The van der Waals surface area contributed by atoms with E-state index in [2.05, 4.69) is 22.6 Å². The van der Waals surface area contributed by atoms with Crippen molar-refractivity contribution in [1.29, 1.82) is 0 Å². The second kappa shape index (κ2) is 11.5. The van der Waals surface area contributed by atoms with E-state index >= 15 is 0 Å². The van der Waals surface area contributed by atoms with Crippen molar-refractivity contribution < 1.29 is 33.3 Å². The predicted molar refractivity (Wildman–Crippen MR) is 135 cm³/mol. The first kappa shape index (κ1) is 24.9. The summed E-state index contributed by atoms with van der Waals surface area (Å²) >= 11 is 2.10. The number of hydrogen-bond donors (Lipinski definition) is 0. The van der Waals surface area contributed by atoms with Gasteiger partial charge < -0.3 is 18.9 Å². The Balaban J connectivity index is 1.63. The summed E-state index contributed by atoms with van der Waals surface area (Å²) in [6, 6.07) is 25.3. The van der Waals surface area contributed by atoms with E-state index in [-0.39, 0.29) is 3.92 Å². The molecule has 3 aromatic carbocycles. The van der Waals surface area contributed by atoms with E-state index in [1.165, 1.54) is 0 Å². The van der Waals surface area contributed by atoms with Crippen LogP contribution in [0.5, 0.6) is 0 Å². The first-order valence-electron chi connectivity index (χ1n) is 11.0. The van der Waals surface area contributed by atoms with Crippen molar-refractivity contribution in [2.45, 2.75) is 35.5 Å². The number of alkyl halides is 1. The molecular weight excluding hydrogens is 563 g/mol. The lowest BCUT2D eigenvalue weighted by atomic mass is 10.0. The van der Waals surface area contributed by atoms with Crippen LogP contribution in [0, 0.1) is 0 Å². The minimum absolute atomic E-state index is 0.303. The molecule has 0 N–H and O–H groups in total. The zero-order chi connectivity index (χ0) is 24.8. The highest BCUT2D eigenvalue weighted by Crippen LogP contribution is 2.33. The van der Waals surface area contributed by atoms with Crippen molar-refractivity contribution in [1.82, 2.24) is 0 Å². The van der Waals surface area contributed by atoms with E-state index in [4.69, 9.17) is 18.9 Å². The molecule has 3 aromatic rings. The molecule has 1 heterocycles. The van der Waals surface area contributed by atoms with Gasteiger partial charge in [-0.25, -0.2) is 14.4 Å². The maximum Gasteiger partial charge on any atom is 0.340 e. The summed E-state index contributed by atoms with van der Waals surface area (Å²) in [6.45, 7) is 1.78. The van der Waals surface area contributed by atoms with Crippen LogP contribution >= 0.6 is 22.6 Å². The Morgan fingerprint density at radius 2 is 1.00 bits per heavy atom. The molecule has 0 radical (unpaired) electrons. The summed E-state index contributed by atoms with van der Waals surface area (Å²) in [4.78, 5) is 38.6. The standard InChI is InChI=1S/C27H23IO7/c1-17-21(28)22(33-24(29)18-11-5-2-6-12-18)23(34-25(30)19-13-7-3-8-14-19)27(32-17)35-26(31)20-15-9-4-10-16-20/h2-17,21-23,27H,1H3/t17-,21-,22+,23+,27-/m0/s1. The Kier molecular flexibility index (Phi) is 8.14. The molecule has 8 heteroatoms. The normalized spacial score (nSPS) is 23.7. The van der Waals surface area contributed by atoms with Gasteiger partial charge in [-0.15, -0.1) is 0 Å². The van der Waals surface area contributed by atoms with Gasteiger partial charge in [-0.05, 0) is 43.3 Å². The van der Waals surface area contributed by atoms with E-state index in [1.54, 1.807) is 97.9 Å². The van der Waals surface area contributed by atoms with Crippen LogP contribution in [0.2, 0.25) is 0 Å². The third-order valence-electron chi connectivity index (χ3n) is 5.44. The topological polar surface area (TPSA) is 88.1 Å². The zero-order valence-electron chi connectivity index (χ0n) is 18.8. The molecule has 7 nitrogen and oxygen atoms in total. The second-order valence-electron chi connectivity index (χ2n) is 7.90. The molecule has 0 aliphatic carbocycles. The third kappa shape index (κ3) is 6.07. The molecule has 5 atom stereocenters. The van der Waals surface area contributed by atoms with Crippen LogP contribution in [0.3, 0.4) is 0 Å². The molecule has 0 aromatic heterocycles. The van der Waals surface area contributed by atoms with Crippen molar-refractivity contribution in [3.8, 4) is 0 Å². The number of ether oxygens (including phenoxy) is 4. The number of hydrogen-bond acceptors (Lipinski definition) is 7. The van der Waals surface area contributed by atoms with Crippen molar-refractivity contribution in [3.05, 3.63) is 108 Å². The number of rotatable bonds is 6. The van der Waals surface area contributed by atoms with Crippen molar-refractivity contribution in [3.63, 3.8) is 0 Å². The van der Waals surface area contributed by atoms with Gasteiger partial charge in [0.25, 0.3) is 0 Å². The number of benzene rings is 3. The second-order valence-corrected chi connectivity index (χ2v) is 9.34. The molecule has 0 saturated carbocycles. The van der Waals surface area contributed by atoms with E-state index in [1.807, 2.05) is 0 Å². The van der Waals surface area contributed by atoms with Gasteiger partial charge in [0, 0.05) is 0 Å². The SMILES string of the molecule is C[C@@H]1O[C@@H](OC(=O)c2ccccc2)[C@H](OC(=O)c2ccccc2)[C@H](OC(=O)c2ccccc2)[C@H]1I. The minimum atomic E-state index is -1.29. The Morgan fingerprint density at radius 3 is 1.43 bits per heavy atom. The molecule has 4 rings (SSSR count). The fourth-order valence-electron chi connectivity index (χ4n) is 3.60. The van der Waals surface area contributed by atoms with Gasteiger partial charge in [0.1, 0.15) is 0 Å². The third-order valence-corrected chi connectivity index (χ3v) is 7.16. The summed E-state index contributed by atoms with van der Waals surface area (Å²) in [5.74, 6) is -1.89. The molecule has 1 fully saturated rings. The lowest BCUT2D eigenvalue weighted by Crippen LogP contribution is -2.58. The number of carbonyl (C=O) groups is 3. The summed E-state index contributed by atoms with van der Waals surface area (Å²) in [7, 11) is 0. The van der Waals surface area contributed by atoms with E-state index in [0.29, 0.717) is 16.7 Å². The molecule has 1 aliphatic heterocycles. The predicted octanol–water partition coefficient (Wildman–Crippen LogP) is 4.84. The van der Waals surface area contributed by atoms with Gasteiger partial charge in [0.15, 0.2) is 6.10 Å². The molecule has 1 saturated heterocycles. The molecule has 180 valence electrons. The first-order valence-corrected chi connectivity index (χ1v) is 12.3. The van der Waals surface area contributed by atoms with Gasteiger partial charge in [0.05, 0.1) is 26.7 Å². The Hall–Kier alpha value is -3.24. The Labute approximate surface area is 216 Å². The number of halogens is 1. The molecule has 0 spiro atoms. The summed E-state index contributed by atoms with van der Waals surface area (Å²) in [5.41, 5.74) is 0.963. The highest BCUT2D eigenvalue weighted by atomic mass is 127. The maximum atomic E-state index is 12.9. The summed E-state index contributed by atoms with van der Waals surface area (Å²) < 4.78 is 22.8. The molecule has 0 bridgehead atoms. The van der Waals surface area contributed by atoms with Crippen molar-refractivity contribution in [2.75, 3.05) is 0 Å². The Morgan fingerprint density at radius 1 is 0.629 bits per heavy atom. The van der Waals surface area contributed by atoms with E-state index < -0.39 is 42.5 Å². The molecule has 35 heavy (non-hydrogen) atoms. The zero-order valence-corrected chi connectivity index (χ0v) is 20.9. The maximum absolute atomic E-state index is 12.9. The molecule has 0 unspecified atom stereocenters. The van der Waals surface area contributed by atoms with Crippen LogP contribution in [0.1, 0.15) is 38.0 Å². The van der Waals surface area contributed by atoms with E-state index in [9.17, 15) is 14.4 Å². The van der Waals surface area contributed by atoms with Crippen molar-refractivity contribution >= 4 is 40.5 Å². The van der Waals surface area contributed by atoms with Crippen LogP contribution in [-0.4, -0.2) is 46.4 Å². The monoisotopic (exact) mass is 586 g/mol. The van der Waals surface area contributed by atoms with Crippen LogP contribution in [0.4, 0.5) is 0 Å². The fraction of sp³-hybridized carbons (Fsp3) is 0.222. The average Bonchev–Trinajstić information content (AvgIpc) is 2.90. The highest BCUT2D eigenvalue weighted by molar-refractivity contribution is 14.1. The highest BCUT2D eigenvalue weighted by Gasteiger charge is 2.50. The summed E-state index contributed by atoms with van der Waals surface area (Å²) in [5, 5.41) is 0. The van der Waals surface area contributed by atoms with Gasteiger partial charge in [-0.2, -0.15) is 0 Å². The van der Waals surface area contributed by atoms with Gasteiger partial charge >= 0.3 is 17.9 Å². The molecule has 1 aliphatic rings. The van der Waals surface area contributed by atoms with Crippen LogP contribution in [-0.2, 0) is 18.9 Å². The largest absolute Gasteiger partial charge is 0.453 e. The summed E-state index contributed by atoms with van der Waals surface area (Å²) in [6.07, 6.45) is -3.89. The smallest absolute Gasteiger partial charge is 0.340 e. The lowest BCUT2D eigenvalue weighted by Gasteiger charge is -2.42. The average molecular weight is 586 g/mol. The number of esters is 3. The van der Waals surface area contributed by atoms with Crippen LogP contribution in [0.25, 0.3) is 0 Å². The van der Waals surface area contributed by atoms with Crippen molar-refractivity contribution in [2.24, 2.45) is 0 Å². The number of carbonyl (C=O) groups excluding carboxylic acids is 3. The molecule has 0 amide bonds. The van der Waals surface area contributed by atoms with Crippen LogP contribution < -0.4 is 0 Å². The van der Waals surface area contributed by atoms with Crippen LogP contribution in [0.15, 0.2) is 91.0 Å². The molecular formula is C27H23IO7. The van der Waals surface area contributed by atoms with Gasteiger partial charge in [-0.1, -0.05) is 77.2 Å². The van der Waals surface area contributed by atoms with Gasteiger partial charge in [0.2, 0.25) is 12.4 Å². The first-order chi connectivity index (χ1) is 16.9. The minimum Gasteiger partial charge on any atom is -0.453 e.